The van der Waals surface area contributed by atoms with Crippen molar-refractivity contribution < 1.29 is 14.0 Å². The predicted octanol–water partition coefficient (Wildman–Crippen LogP) is 2.40. The second kappa shape index (κ2) is 7.95. The normalized spacial score (nSPS) is 11.7. The van der Waals surface area contributed by atoms with Crippen LogP contribution in [-0.2, 0) is 7.05 Å². The average molecular weight is 382 g/mol. The maximum Gasteiger partial charge on any atom is 0.258 e. The van der Waals surface area contributed by atoms with Gasteiger partial charge in [-0.3, -0.25) is 9.59 Å². The highest BCUT2D eigenvalue weighted by atomic mass is 19.1. The predicted molar refractivity (Wildman–Crippen MR) is 100 cm³/mol. The van der Waals surface area contributed by atoms with E-state index in [1.165, 1.54) is 22.9 Å². The molecular weight excluding hydrogens is 363 g/mol. The number of nitrogens with zero attached hydrogens (tertiary/aromatic N) is 4. The van der Waals surface area contributed by atoms with Crippen LogP contribution in [0.4, 0.5) is 10.1 Å². The van der Waals surface area contributed by atoms with Crippen LogP contribution in [0.2, 0.25) is 0 Å². The van der Waals surface area contributed by atoms with Crippen LogP contribution in [0.15, 0.2) is 42.5 Å². The number of hydrogen-bond donors (Lipinski definition) is 2. The molecule has 0 unspecified atom stereocenters. The van der Waals surface area contributed by atoms with Gasteiger partial charge in [0.1, 0.15) is 5.82 Å². The maximum absolute atomic E-state index is 13.8. The van der Waals surface area contributed by atoms with E-state index in [1.54, 1.807) is 45.2 Å². The molecule has 0 bridgehead atoms. The number of rotatable bonds is 5. The van der Waals surface area contributed by atoms with Crippen molar-refractivity contribution >= 4 is 17.5 Å². The highest BCUT2D eigenvalue weighted by Crippen LogP contribution is 2.19. The van der Waals surface area contributed by atoms with E-state index in [1.807, 2.05) is 0 Å². The summed E-state index contributed by atoms with van der Waals surface area (Å²) in [6.45, 7) is 3.55. The SMILES string of the molecule is Cc1ccc(C(=O)N[C@H](C)c2nnnn2C)cc1NC(=O)c1ccccc1F. The minimum absolute atomic E-state index is 0.0693. The van der Waals surface area contributed by atoms with Crippen molar-refractivity contribution in [1.29, 1.82) is 0 Å². The molecule has 3 aromatic rings. The number of benzene rings is 2. The number of nitrogens with one attached hydrogen (secondary N) is 2. The fraction of sp³-hybridized carbons (Fsp3) is 0.211. The summed E-state index contributed by atoms with van der Waals surface area (Å²) in [7, 11) is 1.68. The summed E-state index contributed by atoms with van der Waals surface area (Å²) >= 11 is 0. The molecule has 0 saturated heterocycles. The molecule has 2 aromatic carbocycles. The van der Waals surface area contributed by atoms with Gasteiger partial charge in [-0.25, -0.2) is 9.07 Å². The van der Waals surface area contributed by atoms with Crippen LogP contribution in [0.1, 0.15) is 45.1 Å². The Morgan fingerprint density at radius 2 is 1.89 bits per heavy atom. The summed E-state index contributed by atoms with van der Waals surface area (Å²) in [4.78, 5) is 24.9. The van der Waals surface area contributed by atoms with Gasteiger partial charge < -0.3 is 10.6 Å². The number of aryl methyl sites for hydroxylation is 2. The van der Waals surface area contributed by atoms with Gasteiger partial charge in [0.25, 0.3) is 11.8 Å². The minimum atomic E-state index is -0.613. The Morgan fingerprint density at radius 3 is 2.57 bits per heavy atom. The highest BCUT2D eigenvalue weighted by molar-refractivity contribution is 6.05. The Kier molecular flexibility index (Phi) is 5.44. The van der Waals surface area contributed by atoms with Crippen LogP contribution in [-0.4, -0.2) is 32.0 Å². The van der Waals surface area contributed by atoms with Crippen molar-refractivity contribution in [3.63, 3.8) is 0 Å². The van der Waals surface area contributed by atoms with Gasteiger partial charge >= 0.3 is 0 Å². The van der Waals surface area contributed by atoms with Crippen molar-refractivity contribution in [3.8, 4) is 0 Å². The van der Waals surface area contributed by atoms with Crippen molar-refractivity contribution in [2.45, 2.75) is 19.9 Å². The van der Waals surface area contributed by atoms with Crippen LogP contribution >= 0.6 is 0 Å². The molecule has 0 radical (unpaired) electrons. The van der Waals surface area contributed by atoms with Crippen molar-refractivity contribution in [2.75, 3.05) is 5.32 Å². The maximum atomic E-state index is 13.8. The lowest BCUT2D eigenvalue weighted by atomic mass is 10.1. The molecule has 2 amide bonds. The van der Waals surface area contributed by atoms with Crippen molar-refractivity contribution in [3.05, 3.63) is 70.8 Å². The van der Waals surface area contributed by atoms with Gasteiger partial charge in [0.15, 0.2) is 5.82 Å². The number of halogens is 1. The molecule has 1 heterocycles. The first-order valence-electron chi connectivity index (χ1n) is 8.56. The van der Waals surface area contributed by atoms with Gasteiger partial charge in [0.2, 0.25) is 0 Å². The molecule has 0 spiro atoms. The largest absolute Gasteiger partial charge is 0.342 e. The van der Waals surface area contributed by atoms with E-state index in [-0.39, 0.29) is 11.5 Å². The van der Waals surface area contributed by atoms with Gasteiger partial charge in [0.05, 0.1) is 11.6 Å². The Bertz CT molecular complexity index is 1030. The average Bonchev–Trinajstić information content (AvgIpc) is 3.09. The molecule has 1 atom stereocenters. The van der Waals surface area contributed by atoms with Crippen molar-refractivity contribution in [2.24, 2.45) is 7.05 Å². The number of carbonyl (C=O) groups is 2. The highest BCUT2D eigenvalue weighted by Gasteiger charge is 2.18. The summed E-state index contributed by atoms with van der Waals surface area (Å²) < 4.78 is 15.3. The number of anilines is 1. The number of aromatic nitrogens is 4. The van der Waals surface area contributed by atoms with Crippen LogP contribution < -0.4 is 10.6 Å². The van der Waals surface area contributed by atoms with E-state index in [0.29, 0.717) is 17.1 Å². The molecule has 0 aliphatic rings. The Balaban J connectivity index is 1.77. The lowest BCUT2D eigenvalue weighted by molar-refractivity contribution is 0.0936. The van der Waals surface area contributed by atoms with E-state index >= 15 is 0 Å². The fourth-order valence-corrected chi connectivity index (χ4v) is 2.68. The van der Waals surface area contributed by atoms with Crippen LogP contribution in [0, 0.1) is 12.7 Å². The molecule has 0 aliphatic carbocycles. The summed E-state index contributed by atoms with van der Waals surface area (Å²) in [5, 5.41) is 16.6. The zero-order valence-electron chi connectivity index (χ0n) is 15.6. The number of hydrogen-bond acceptors (Lipinski definition) is 5. The van der Waals surface area contributed by atoms with E-state index < -0.39 is 17.8 Å². The van der Waals surface area contributed by atoms with Crippen molar-refractivity contribution in [1.82, 2.24) is 25.5 Å². The van der Waals surface area contributed by atoms with Gasteiger partial charge in [-0.15, -0.1) is 5.10 Å². The lowest BCUT2D eigenvalue weighted by Gasteiger charge is -2.14. The molecule has 2 N–H and O–H groups in total. The number of tetrazole rings is 1. The van der Waals surface area contributed by atoms with Gasteiger partial charge in [-0.2, -0.15) is 0 Å². The van der Waals surface area contributed by atoms with Gasteiger partial charge in [-0.1, -0.05) is 18.2 Å². The molecule has 28 heavy (non-hydrogen) atoms. The van der Waals surface area contributed by atoms with E-state index in [2.05, 4.69) is 26.2 Å². The zero-order chi connectivity index (χ0) is 20.3. The molecule has 9 heteroatoms. The molecule has 8 nitrogen and oxygen atoms in total. The second-order valence-electron chi connectivity index (χ2n) is 6.32. The first kappa shape index (κ1) is 19.2. The Hall–Kier alpha value is -3.62. The third kappa shape index (κ3) is 4.03. The standard InChI is InChI=1S/C19H19FN6O2/c1-11-8-9-13(18(27)21-12(2)17-23-24-25-26(17)3)10-16(11)22-19(28)14-6-4-5-7-15(14)20/h4-10,12H,1-3H3,(H,21,27)(H,22,28)/t12-/m1/s1. The lowest BCUT2D eigenvalue weighted by Crippen LogP contribution is -2.28. The summed E-state index contributed by atoms with van der Waals surface area (Å²) in [6.07, 6.45) is 0. The minimum Gasteiger partial charge on any atom is -0.342 e. The van der Waals surface area contributed by atoms with Crippen LogP contribution in [0.5, 0.6) is 0 Å². The molecule has 0 fully saturated rings. The third-order valence-corrected chi connectivity index (χ3v) is 4.25. The topological polar surface area (TPSA) is 102 Å². The van der Waals surface area contributed by atoms with Crippen LogP contribution in [0.3, 0.4) is 0 Å². The summed E-state index contributed by atoms with van der Waals surface area (Å²) in [5.41, 5.74) is 1.44. The monoisotopic (exact) mass is 382 g/mol. The van der Waals surface area contributed by atoms with E-state index in [0.717, 1.165) is 5.56 Å². The summed E-state index contributed by atoms with van der Waals surface area (Å²) in [6, 6.07) is 10.2. The third-order valence-electron chi connectivity index (χ3n) is 4.25. The molecule has 144 valence electrons. The van der Waals surface area contributed by atoms with Gasteiger partial charge in [0, 0.05) is 18.3 Å². The molecule has 0 saturated carbocycles. The Morgan fingerprint density at radius 1 is 1.14 bits per heavy atom. The smallest absolute Gasteiger partial charge is 0.258 e. The Labute approximate surface area is 160 Å². The first-order valence-corrected chi connectivity index (χ1v) is 8.56. The fourth-order valence-electron chi connectivity index (χ4n) is 2.68. The summed E-state index contributed by atoms with van der Waals surface area (Å²) in [5.74, 6) is -1.04. The molecule has 1 aromatic heterocycles. The van der Waals surface area contributed by atoms with Gasteiger partial charge in [-0.05, 0) is 54.1 Å². The zero-order valence-corrected chi connectivity index (χ0v) is 15.6. The van der Waals surface area contributed by atoms with Crippen LogP contribution in [0.25, 0.3) is 0 Å². The first-order chi connectivity index (χ1) is 13.4. The van der Waals surface area contributed by atoms with E-state index in [9.17, 15) is 14.0 Å². The molecule has 0 aliphatic heterocycles. The van der Waals surface area contributed by atoms with E-state index in [4.69, 9.17) is 0 Å². The number of carbonyl (C=O) groups excluding carboxylic acids is 2. The second-order valence-corrected chi connectivity index (χ2v) is 6.32. The molecular formula is C19H19FN6O2. The number of amides is 2. The molecule has 3 rings (SSSR count). The quantitative estimate of drug-likeness (QED) is 0.706.